The summed E-state index contributed by atoms with van der Waals surface area (Å²) in [5.74, 6) is 0.639. The average Bonchev–Trinajstić information content (AvgIpc) is 2.61. The standard InChI is InChI=1S/C18H24N4O2/c1-3-5-18(6-4-2)7-8-22(18)16(23)15-13-19-17(20-14-15)21-9-11-24-12-10-21/h3-4,13-14H,1-2,5-12H2. The van der Waals surface area contributed by atoms with Gasteiger partial charge in [-0.15, -0.1) is 13.2 Å². The summed E-state index contributed by atoms with van der Waals surface area (Å²) in [6.45, 7) is 11.3. The number of rotatable bonds is 6. The van der Waals surface area contributed by atoms with Gasteiger partial charge in [0.1, 0.15) is 0 Å². The second-order valence-corrected chi connectivity index (χ2v) is 6.29. The van der Waals surface area contributed by atoms with Gasteiger partial charge in [-0.1, -0.05) is 12.2 Å². The number of aromatic nitrogens is 2. The van der Waals surface area contributed by atoms with E-state index >= 15 is 0 Å². The Morgan fingerprint density at radius 1 is 1.17 bits per heavy atom. The van der Waals surface area contributed by atoms with Gasteiger partial charge >= 0.3 is 0 Å². The summed E-state index contributed by atoms with van der Waals surface area (Å²) in [7, 11) is 0. The van der Waals surface area contributed by atoms with Gasteiger partial charge in [-0.2, -0.15) is 0 Å². The maximum absolute atomic E-state index is 12.8. The summed E-state index contributed by atoms with van der Waals surface area (Å²) in [5.41, 5.74) is 0.355. The van der Waals surface area contributed by atoms with Gasteiger partial charge in [-0.05, 0) is 19.3 Å². The number of nitrogens with zero attached hydrogens (tertiary/aromatic N) is 4. The molecule has 6 nitrogen and oxygen atoms in total. The van der Waals surface area contributed by atoms with Crippen molar-refractivity contribution < 1.29 is 9.53 Å². The van der Waals surface area contributed by atoms with E-state index in [4.69, 9.17) is 4.74 Å². The highest BCUT2D eigenvalue weighted by molar-refractivity contribution is 5.95. The smallest absolute Gasteiger partial charge is 0.257 e. The molecule has 0 saturated carbocycles. The minimum absolute atomic E-state index is 0.0153. The Morgan fingerprint density at radius 3 is 2.29 bits per heavy atom. The number of carbonyl (C=O) groups is 1. The van der Waals surface area contributed by atoms with Crippen LogP contribution in [0.1, 0.15) is 29.6 Å². The number of hydrogen-bond acceptors (Lipinski definition) is 5. The molecule has 128 valence electrons. The van der Waals surface area contributed by atoms with Gasteiger partial charge in [0.05, 0.1) is 24.3 Å². The molecular formula is C18H24N4O2. The second kappa shape index (κ2) is 7.13. The molecule has 0 N–H and O–H groups in total. The van der Waals surface area contributed by atoms with E-state index in [0.29, 0.717) is 24.7 Å². The third kappa shape index (κ3) is 3.06. The lowest BCUT2D eigenvalue weighted by Gasteiger charge is -2.52. The predicted octanol–water partition coefficient (Wildman–Crippen LogP) is 2.05. The fourth-order valence-corrected chi connectivity index (χ4v) is 3.42. The van der Waals surface area contributed by atoms with Crippen molar-refractivity contribution in [2.45, 2.75) is 24.8 Å². The van der Waals surface area contributed by atoms with Crippen LogP contribution in [-0.2, 0) is 4.74 Å². The van der Waals surface area contributed by atoms with Crippen molar-refractivity contribution in [2.75, 3.05) is 37.7 Å². The minimum Gasteiger partial charge on any atom is -0.378 e. The third-order valence-corrected chi connectivity index (χ3v) is 4.85. The lowest BCUT2D eigenvalue weighted by molar-refractivity contribution is -0.0000953. The van der Waals surface area contributed by atoms with Crippen LogP contribution in [0.15, 0.2) is 37.7 Å². The number of ether oxygens (including phenoxy) is 1. The van der Waals surface area contributed by atoms with Crippen LogP contribution in [0.5, 0.6) is 0 Å². The first-order valence-electron chi connectivity index (χ1n) is 8.39. The molecule has 3 heterocycles. The largest absolute Gasteiger partial charge is 0.378 e. The Balaban J connectivity index is 1.72. The van der Waals surface area contributed by atoms with Crippen LogP contribution in [0, 0.1) is 0 Å². The normalized spacial score (nSPS) is 19.5. The maximum atomic E-state index is 12.8. The average molecular weight is 328 g/mol. The van der Waals surface area contributed by atoms with Gasteiger partial charge in [0.2, 0.25) is 5.95 Å². The Bertz CT molecular complexity index is 598. The third-order valence-electron chi connectivity index (χ3n) is 4.85. The van der Waals surface area contributed by atoms with E-state index < -0.39 is 0 Å². The monoisotopic (exact) mass is 328 g/mol. The maximum Gasteiger partial charge on any atom is 0.257 e. The lowest BCUT2D eigenvalue weighted by Crippen LogP contribution is -2.61. The summed E-state index contributed by atoms with van der Waals surface area (Å²) in [6.07, 6.45) is 9.54. The van der Waals surface area contributed by atoms with Crippen LogP contribution < -0.4 is 4.90 Å². The first-order chi connectivity index (χ1) is 11.7. The molecule has 3 rings (SSSR count). The van der Waals surface area contributed by atoms with Crippen molar-refractivity contribution in [3.8, 4) is 0 Å². The zero-order valence-electron chi connectivity index (χ0n) is 14.0. The Hall–Kier alpha value is -2.21. The predicted molar refractivity (Wildman–Crippen MR) is 93.1 cm³/mol. The topological polar surface area (TPSA) is 58.6 Å². The Labute approximate surface area is 142 Å². The molecule has 0 bridgehead atoms. The van der Waals surface area contributed by atoms with E-state index in [1.165, 1.54) is 0 Å². The molecule has 1 amide bonds. The fraction of sp³-hybridized carbons (Fsp3) is 0.500. The zero-order valence-corrected chi connectivity index (χ0v) is 14.0. The molecular weight excluding hydrogens is 304 g/mol. The van der Waals surface area contributed by atoms with E-state index in [0.717, 1.165) is 38.9 Å². The Kier molecular flexibility index (Phi) is 4.94. The number of hydrogen-bond donors (Lipinski definition) is 0. The van der Waals surface area contributed by atoms with Crippen molar-refractivity contribution in [1.82, 2.24) is 14.9 Å². The molecule has 6 heteroatoms. The van der Waals surface area contributed by atoms with Crippen molar-refractivity contribution in [2.24, 2.45) is 0 Å². The number of carbonyl (C=O) groups excluding carboxylic acids is 1. The SMILES string of the molecule is C=CCC1(CC=C)CCN1C(=O)c1cnc(N2CCOCC2)nc1. The summed E-state index contributed by atoms with van der Waals surface area (Å²) < 4.78 is 5.33. The molecule has 0 aliphatic carbocycles. The van der Waals surface area contributed by atoms with Crippen LogP contribution in [0.2, 0.25) is 0 Å². The molecule has 1 aromatic heterocycles. The lowest BCUT2D eigenvalue weighted by atomic mass is 9.78. The molecule has 2 aliphatic heterocycles. The summed E-state index contributed by atoms with van der Waals surface area (Å²) in [4.78, 5) is 25.6. The summed E-state index contributed by atoms with van der Waals surface area (Å²) in [6, 6.07) is 0. The van der Waals surface area contributed by atoms with E-state index in [-0.39, 0.29) is 11.4 Å². The van der Waals surface area contributed by atoms with Gasteiger partial charge < -0.3 is 14.5 Å². The van der Waals surface area contributed by atoms with Gasteiger partial charge in [0.25, 0.3) is 5.91 Å². The zero-order chi connectivity index (χ0) is 17.0. The summed E-state index contributed by atoms with van der Waals surface area (Å²) in [5, 5.41) is 0. The fourth-order valence-electron chi connectivity index (χ4n) is 3.42. The van der Waals surface area contributed by atoms with E-state index in [1.54, 1.807) is 12.4 Å². The van der Waals surface area contributed by atoms with Crippen LogP contribution >= 0.6 is 0 Å². The van der Waals surface area contributed by atoms with Crippen molar-refractivity contribution in [1.29, 1.82) is 0 Å². The number of amides is 1. The van der Waals surface area contributed by atoms with Crippen LogP contribution in [0.4, 0.5) is 5.95 Å². The van der Waals surface area contributed by atoms with Gasteiger partial charge in [-0.3, -0.25) is 4.79 Å². The molecule has 0 radical (unpaired) electrons. The number of likely N-dealkylation sites (tertiary alicyclic amines) is 1. The molecule has 0 unspecified atom stereocenters. The summed E-state index contributed by atoms with van der Waals surface area (Å²) >= 11 is 0. The first kappa shape index (κ1) is 16.6. The quantitative estimate of drug-likeness (QED) is 0.748. The second-order valence-electron chi connectivity index (χ2n) is 6.29. The van der Waals surface area contributed by atoms with E-state index in [2.05, 4.69) is 28.0 Å². The molecule has 0 spiro atoms. The van der Waals surface area contributed by atoms with Crippen molar-refractivity contribution >= 4 is 11.9 Å². The number of morpholine rings is 1. The first-order valence-corrected chi connectivity index (χ1v) is 8.39. The molecule has 0 aromatic carbocycles. The number of anilines is 1. The van der Waals surface area contributed by atoms with E-state index in [9.17, 15) is 4.79 Å². The molecule has 24 heavy (non-hydrogen) atoms. The molecule has 1 aromatic rings. The molecule has 2 saturated heterocycles. The molecule has 2 aliphatic rings. The van der Waals surface area contributed by atoms with Gasteiger partial charge in [0.15, 0.2) is 0 Å². The van der Waals surface area contributed by atoms with Crippen molar-refractivity contribution in [3.63, 3.8) is 0 Å². The van der Waals surface area contributed by atoms with Crippen LogP contribution in [0.25, 0.3) is 0 Å². The van der Waals surface area contributed by atoms with Crippen LogP contribution in [-0.4, -0.2) is 59.2 Å². The Morgan fingerprint density at radius 2 is 1.79 bits per heavy atom. The highest BCUT2D eigenvalue weighted by Gasteiger charge is 2.45. The minimum atomic E-state index is -0.177. The van der Waals surface area contributed by atoms with Gasteiger partial charge in [-0.25, -0.2) is 9.97 Å². The molecule has 2 fully saturated rings. The van der Waals surface area contributed by atoms with Crippen LogP contribution in [0.3, 0.4) is 0 Å². The highest BCUT2D eigenvalue weighted by Crippen LogP contribution is 2.38. The molecule has 0 atom stereocenters. The highest BCUT2D eigenvalue weighted by atomic mass is 16.5. The van der Waals surface area contributed by atoms with Crippen molar-refractivity contribution in [3.05, 3.63) is 43.3 Å². The van der Waals surface area contributed by atoms with E-state index in [1.807, 2.05) is 17.1 Å². The van der Waals surface area contributed by atoms with Gasteiger partial charge in [0, 0.05) is 32.0 Å².